The molecule has 0 bridgehead atoms. The number of aryl methyl sites for hydroxylation is 1. The zero-order valence-corrected chi connectivity index (χ0v) is 14.6. The summed E-state index contributed by atoms with van der Waals surface area (Å²) < 4.78 is 0. The van der Waals surface area contributed by atoms with Crippen LogP contribution in [0.15, 0.2) is 48.1 Å². The lowest BCUT2D eigenvalue weighted by Crippen LogP contribution is -2.36. The number of Topliss-reactive ketones (excluding diaryl/α,β-unsaturated/α-hetero) is 1. The Bertz CT molecular complexity index is 601. The van der Waals surface area contributed by atoms with Crippen LogP contribution < -0.4 is 0 Å². The van der Waals surface area contributed by atoms with Gasteiger partial charge in [-0.1, -0.05) is 67.5 Å². The van der Waals surface area contributed by atoms with E-state index in [1.807, 2.05) is 31.2 Å². The van der Waals surface area contributed by atoms with E-state index in [-0.39, 0.29) is 17.1 Å². The van der Waals surface area contributed by atoms with Gasteiger partial charge in [-0.15, -0.1) is 0 Å². The molecule has 22 heavy (non-hydrogen) atoms. The Morgan fingerprint density at radius 1 is 1.18 bits per heavy atom. The van der Waals surface area contributed by atoms with Crippen LogP contribution in [0.4, 0.5) is 0 Å². The number of carbonyl (C=O) groups excluding carboxylic acids is 1. The van der Waals surface area contributed by atoms with Crippen LogP contribution in [0.25, 0.3) is 0 Å². The van der Waals surface area contributed by atoms with Crippen LogP contribution in [0.2, 0.25) is 0 Å². The summed E-state index contributed by atoms with van der Waals surface area (Å²) in [5, 5.41) is 0. The highest BCUT2D eigenvalue weighted by atomic mass is 16.1. The molecule has 0 saturated heterocycles. The fourth-order valence-corrected chi connectivity index (χ4v) is 3.54. The average Bonchev–Trinajstić information content (AvgIpc) is 2.47. The van der Waals surface area contributed by atoms with Crippen molar-refractivity contribution < 1.29 is 4.79 Å². The van der Waals surface area contributed by atoms with Crippen molar-refractivity contribution in [1.29, 1.82) is 0 Å². The van der Waals surface area contributed by atoms with Crippen molar-refractivity contribution in [3.8, 4) is 0 Å². The number of ketones is 1. The first-order valence-electron chi connectivity index (χ1n) is 8.17. The third kappa shape index (κ3) is 3.24. The van der Waals surface area contributed by atoms with Crippen LogP contribution in [0.5, 0.6) is 0 Å². The Morgan fingerprint density at radius 3 is 2.32 bits per heavy atom. The Morgan fingerprint density at radius 2 is 1.77 bits per heavy atom. The van der Waals surface area contributed by atoms with Gasteiger partial charge in [-0.2, -0.15) is 0 Å². The first kappa shape index (κ1) is 16.7. The maximum absolute atomic E-state index is 13.0. The predicted molar refractivity (Wildman–Crippen MR) is 94.1 cm³/mol. The maximum atomic E-state index is 13.0. The van der Waals surface area contributed by atoms with Crippen molar-refractivity contribution in [2.75, 3.05) is 0 Å². The second-order valence-electron chi connectivity index (χ2n) is 7.43. The molecule has 1 aliphatic carbocycles. The fourth-order valence-electron chi connectivity index (χ4n) is 3.54. The van der Waals surface area contributed by atoms with Crippen LogP contribution in [0.3, 0.4) is 0 Å². The molecule has 2 rings (SSSR count). The first-order valence-corrected chi connectivity index (χ1v) is 8.17. The van der Waals surface area contributed by atoms with Crippen molar-refractivity contribution in [3.05, 3.63) is 59.2 Å². The average molecular weight is 296 g/mol. The number of benzene rings is 1. The minimum Gasteiger partial charge on any atom is -0.294 e. The zero-order valence-electron chi connectivity index (χ0n) is 14.6. The summed E-state index contributed by atoms with van der Waals surface area (Å²) in [4.78, 5) is 13.0. The molecule has 1 aromatic carbocycles. The maximum Gasteiger partial charge on any atom is 0.169 e. The number of hydrogen-bond donors (Lipinski definition) is 0. The second kappa shape index (κ2) is 6.24. The van der Waals surface area contributed by atoms with Crippen LogP contribution >= 0.6 is 0 Å². The molecule has 2 atom stereocenters. The SMILES string of the molecule is C=C(C)[C@H]1CC=C(C)[C@@H](C(C)(C)C(=O)c2ccc(C)cc2)C1. The minimum atomic E-state index is -0.385. The number of carbonyl (C=O) groups is 1. The number of allylic oxidation sites excluding steroid dienone is 3. The smallest absolute Gasteiger partial charge is 0.169 e. The zero-order chi connectivity index (χ0) is 16.5. The molecule has 0 unspecified atom stereocenters. The van der Waals surface area contributed by atoms with Gasteiger partial charge in [0.25, 0.3) is 0 Å². The lowest BCUT2D eigenvalue weighted by atomic mass is 9.64. The van der Waals surface area contributed by atoms with Gasteiger partial charge in [0.05, 0.1) is 0 Å². The summed E-state index contributed by atoms with van der Waals surface area (Å²) in [6.45, 7) is 14.6. The van der Waals surface area contributed by atoms with Crippen LogP contribution in [0.1, 0.15) is 56.5 Å². The van der Waals surface area contributed by atoms with Gasteiger partial charge in [-0.25, -0.2) is 0 Å². The van der Waals surface area contributed by atoms with E-state index in [0.29, 0.717) is 5.92 Å². The normalized spacial score (nSPS) is 22.1. The Hall–Kier alpha value is -1.63. The molecule has 118 valence electrons. The molecule has 0 heterocycles. The van der Waals surface area contributed by atoms with Gasteiger partial charge in [0.2, 0.25) is 0 Å². The van der Waals surface area contributed by atoms with Crippen molar-refractivity contribution in [2.24, 2.45) is 17.3 Å². The van der Waals surface area contributed by atoms with E-state index >= 15 is 0 Å². The van der Waals surface area contributed by atoms with Gasteiger partial charge in [0.15, 0.2) is 5.78 Å². The van der Waals surface area contributed by atoms with Crippen molar-refractivity contribution in [1.82, 2.24) is 0 Å². The van der Waals surface area contributed by atoms with E-state index in [0.717, 1.165) is 18.4 Å². The summed E-state index contributed by atoms with van der Waals surface area (Å²) in [6, 6.07) is 7.95. The molecule has 1 heteroatoms. The quantitative estimate of drug-likeness (QED) is 0.510. The van der Waals surface area contributed by atoms with Crippen molar-refractivity contribution >= 4 is 5.78 Å². The highest BCUT2D eigenvalue weighted by Crippen LogP contribution is 2.44. The largest absolute Gasteiger partial charge is 0.294 e. The second-order valence-corrected chi connectivity index (χ2v) is 7.43. The molecule has 0 fully saturated rings. The highest BCUT2D eigenvalue weighted by molar-refractivity contribution is 6.00. The molecular formula is C21H28O. The molecule has 1 aliphatic rings. The lowest BCUT2D eigenvalue weighted by molar-refractivity contribution is 0.0745. The van der Waals surface area contributed by atoms with Gasteiger partial charge in [-0.05, 0) is 45.4 Å². The molecular weight excluding hydrogens is 268 g/mol. The van der Waals surface area contributed by atoms with Gasteiger partial charge < -0.3 is 0 Å². The monoisotopic (exact) mass is 296 g/mol. The Balaban J connectivity index is 2.30. The van der Waals surface area contributed by atoms with E-state index < -0.39 is 0 Å². The van der Waals surface area contributed by atoms with Gasteiger partial charge in [0.1, 0.15) is 0 Å². The third-order valence-electron chi connectivity index (χ3n) is 5.26. The minimum absolute atomic E-state index is 0.243. The van der Waals surface area contributed by atoms with Gasteiger partial charge in [0, 0.05) is 11.0 Å². The lowest BCUT2D eigenvalue weighted by Gasteiger charge is -2.39. The van der Waals surface area contributed by atoms with Crippen LogP contribution in [-0.4, -0.2) is 5.78 Å². The van der Waals surface area contributed by atoms with E-state index in [2.05, 4.69) is 40.3 Å². The summed E-state index contributed by atoms with van der Waals surface area (Å²) in [7, 11) is 0. The molecule has 0 aliphatic heterocycles. The van der Waals surface area contributed by atoms with Crippen LogP contribution in [0, 0.1) is 24.2 Å². The molecule has 0 spiro atoms. The highest BCUT2D eigenvalue weighted by Gasteiger charge is 2.40. The van der Waals surface area contributed by atoms with E-state index in [1.54, 1.807) is 0 Å². The molecule has 0 N–H and O–H groups in total. The molecule has 1 nitrogen and oxygen atoms in total. The Kier molecular flexibility index (Phi) is 4.75. The number of hydrogen-bond acceptors (Lipinski definition) is 1. The van der Waals surface area contributed by atoms with Crippen LogP contribution in [-0.2, 0) is 0 Å². The fraction of sp³-hybridized carbons (Fsp3) is 0.476. The third-order valence-corrected chi connectivity index (χ3v) is 5.26. The molecule has 0 saturated carbocycles. The Labute approximate surface area is 135 Å². The molecule has 1 aromatic rings. The summed E-state index contributed by atoms with van der Waals surface area (Å²) in [5.74, 6) is 1.03. The number of rotatable bonds is 4. The topological polar surface area (TPSA) is 17.1 Å². The van der Waals surface area contributed by atoms with Gasteiger partial charge in [-0.3, -0.25) is 4.79 Å². The molecule has 0 amide bonds. The van der Waals surface area contributed by atoms with Crippen molar-refractivity contribution in [3.63, 3.8) is 0 Å². The summed E-state index contributed by atoms with van der Waals surface area (Å²) in [6.07, 6.45) is 4.40. The van der Waals surface area contributed by atoms with Gasteiger partial charge >= 0.3 is 0 Å². The first-order chi connectivity index (χ1) is 10.2. The molecule has 0 radical (unpaired) electrons. The predicted octanol–water partition coefficient (Wildman–Crippen LogP) is 5.75. The summed E-state index contributed by atoms with van der Waals surface area (Å²) in [5.41, 5.74) is 4.20. The van der Waals surface area contributed by atoms with Crippen molar-refractivity contribution in [2.45, 2.75) is 47.5 Å². The van der Waals surface area contributed by atoms with E-state index in [9.17, 15) is 4.79 Å². The van der Waals surface area contributed by atoms with E-state index in [4.69, 9.17) is 0 Å². The standard InChI is InChI=1S/C21H28O/c1-14(2)18-12-9-16(4)19(13-18)21(5,6)20(22)17-10-7-15(3)8-11-17/h7-11,18-19H,1,12-13H2,2-6H3/t18-,19-/m0/s1. The summed E-state index contributed by atoms with van der Waals surface area (Å²) >= 11 is 0. The van der Waals surface area contributed by atoms with E-state index in [1.165, 1.54) is 16.7 Å². The molecule has 0 aromatic heterocycles.